The first-order valence-electron chi connectivity index (χ1n) is 12.0. The van der Waals surface area contributed by atoms with Gasteiger partial charge in [-0.1, -0.05) is 18.6 Å². The number of hydrogen-bond acceptors (Lipinski definition) is 7. The van der Waals surface area contributed by atoms with Crippen LogP contribution in [0, 0.1) is 0 Å². The molecule has 2 N–H and O–H groups in total. The average molecular weight is 453 g/mol. The van der Waals surface area contributed by atoms with Crippen LogP contribution in [0.4, 0.5) is 11.6 Å². The molecule has 4 rings (SSSR count). The van der Waals surface area contributed by atoms with Crippen molar-refractivity contribution in [1.29, 1.82) is 0 Å². The molecule has 0 spiro atoms. The Morgan fingerprint density at radius 2 is 1.88 bits per heavy atom. The maximum absolute atomic E-state index is 13.1. The van der Waals surface area contributed by atoms with Gasteiger partial charge in [-0.25, -0.2) is 9.97 Å². The lowest BCUT2D eigenvalue weighted by molar-refractivity contribution is -0.000136. The van der Waals surface area contributed by atoms with E-state index < -0.39 is 5.60 Å². The van der Waals surface area contributed by atoms with Gasteiger partial charge in [0.2, 0.25) is 0 Å². The Morgan fingerprint density at radius 1 is 1.12 bits per heavy atom. The molecule has 2 fully saturated rings. The SMILES string of the molecule is CNc1cc(N2CCC[C@@](O)(CN(C)C(=O)c3ccc(CN4CCCCC4)cc3)C2)ncn1. The van der Waals surface area contributed by atoms with E-state index in [1.807, 2.05) is 25.2 Å². The minimum atomic E-state index is -0.985. The van der Waals surface area contributed by atoms with Crippen molar-refractivity contribution in [2.75, 3.05) is 57.0 Å². The highest BCUT2D eigenvalue weighted by Gasteiger charge is 2.36. The predicted octanol–water partition coefficient (Wildman–Crippen LogP) is 2.61. The largest absolute Gasteiger partial charge is 0.386 e. The van der Waals surface area contributed by atoms with E-state index in [0.717, 1.165) is 44.2 Å². The van der Waals surface area contributed by atoms with Crippen molar-refractivity contribution in [2.24, 2.45) is 0 Å². The van der Waals surface area contributed by atoms with Gasteiger partial charge in [-0.2, -0.15) is 0 Å². The van der Waals surface area contributed by atoms with Gasteiger partial charge in [0.1, 0.15) is 18.0 Å². The Hall–Kier alpha value is -2.71. The van der Waals surface area contributed by atoms with Gasteiger partial charge < -0.3 is 20.2 Å². The smallest absolute Gasteiger partial charge is 0.253 e. The quantitative estimate of drug-likeness (QED) is 0.668. The summed E-state index contributed by atoms with van der Waals surface area (Å²) in [6.45, 7) is 4.78. The van der Waals surface area contributed by atoms with Gasteiger partial charge in [0, 0.05) is 45.4 Å². The lowest BCUT2D eigenvalue weighted by atomic mass is 9.92. The molecule has 1 atom stereocenters. The second-order valence-electron chi connectivity index (χ2n) is 9.46. The third kappa shape index (κ3) is 6.00. The molecule has 0 saturated carbocycles. The number of amides is 1. The van der Waals surface area contributed by atoms with Crippen molar-refractivity contribution in [3.8, 4) is 0 Å². The predicted molar refractivity (Wildman–Crippen MR) is 131 cm³/mol. The van der Waals surface area contributed by atoms with Crippen LogP contribution >= 0.6 is 0 Å². The number of carbonyl (C=O) groups is 1. The van der Waals surface area contributed by atoms with E-state index in [1.165, 1.54) is 31.2 Å². The van der Waals surface area contributed by atoms with Gasteiger partial charge >= 0.3 is 0 Å². The fraction of sp³-hybridized carbons (Fsp3) is 0.560. The normalized spacial score (nSPS) is 21.6. The number of piperidine rings is 2. The highest BCUT2D eigenvalue weighted by atomic mass is 16.3. The van der Waals surface area contributed by atoms with E-state index in [9.17, 15) is 9.90 Å². The summed E-state index contributed by atoms with van der Waals surface area (Å²) in [5.41, 5.74) is 0.913. The van der Waals surface area contributed by atoms with Crippen molar-refractivity contribution in [3.05, 3.63) is 47.8 Å². The number of likely N-dealkylation sites (N-methyl/N-ethyl adjacent to an activating group) is 1. The number of carbonyl (C=O) groups excluding carboxylic acids is 1. The number of benzene rings is 1. The number of nitrogens with zero attached hydrogens (tertiary/aromatic N) is 5. The van der Waals surface area contributed by atoms with Crippen LogP contribution in [-0.2, 0) is 6.54 Å². The number of β-amino-alcohol motifs (C(OH)–C–C–N with tert-alkyl or cyclic N) is 1. The van der Waals surface area contributed by atoms with Crippen LogP contribution < -0.4 is 10.2 Å². The van der Waals surface area contributed by atoms with Crippen LogP contribution in [0.15, 0.2) is 36.7 Å². The molecule has 2 aliphatic heterocycles. The molecule has 3 heterocycles. The number of rotatable bonds is 7. The van der Waals surface area contributed by atoms with E-state index in [4.69, 9.17) is 0 Å². The first-order chi connectivity index (χ1) is 16.0. The topological polar surface area (TPSA) is 84.8 Å². The van der Waals surface area contributed by atoms with Gasteiger partial charge in [0.15, 0.2) is 0 Å². The number of hydrogen-bond donors (Lipinski definition) is 2. The number of aliphatic hydroxyl groups is 1. The molecule has 0 bridgehead atoms. The lowest BCUT2D eigenvalue weighted by Crippen LogP contribution is -2.54. The van der Waals surface area contributed by atoms with Crippen molar-refractivity contribution in [1.82, 2.24) is 19.8 Å². The fourth-order valence-electron chi connectivity index (χ4n) is 4.96. The van der Waals surface area contributed by atoms with Crippen molar-refractivity contribution in [2.45, 2.75) is 44.2 Å². The van der Waals surface area contributed by atoms with Gasteiger partial charge in [-0.05, 0) is 56.5 Å². The molecule has 178 valence electrons. The number of aromatic nitrogens is 2. The molecule has 2 saturated heterocycles. The minimum Gasteiger partial charge on any atom is -0.386 e. The first-order valence-corrected chi connectivity index (χ1v) is 12.0. The fourth-order valence-corrected chi connectivity index (χ4v) is 4.96. The Labute approximate surface area is 196 Å². The maximum Gasteiger partial charge on any atom is 0.253 e. The Bertz CT molecular complexity index is 931. The monoisotopic (exact) mass is 452 g/mol. The number of likely N-dealkylation sites (tertiary alicyclic amines) is 1. The summed E-state index contributed by atoms with van der Waals surface area (Å²) in [7, 11) is 3.59. The van der Waals surface area contributed by atoms with Crippen LogP contribution in [0.5, 0.6) is 0 Å². The van der Waals surface area contributed by atoms with E-state index in [1.54, 1.807) is 11.9 Å². The zero-order valence-electron chi connectivity index (χ0n) is 19.8. The number of nitrogens with one attached hydrogen (secondary N) is 1. The second-order valence-corrected chi connectivity index (χ2v) is 9.46. The first kappa shape index (κ1) is 23.4. The molecule has 2 aromatic rings. The van der Waals surface area contributed by atoms with Crippen molar-refractivity contribution < 1.29 is 9.90 Å². The Morgan fingerprint density at radius 3 is 2.61 bits per heavy atom. The maximum atomic E-state index is 13.1. The molecule has 8 nitrogen and oxygen atoms in total. The summed E-state index contributed by atoms with van der Waals surface area (Å²) >= 11 is 0. The molecular weight excluding hydrogens is 416 g/mol. The molecule has 8 heteroatoms. The van der Waals surface area contributed by atoms with Crippen LogP contribution in [0.2, 0.25) is 0 Å². The van der Waals surface area contributed by atoms with Gasteiger partial charge in [-0.3, -0.25) is 9.69 Å². The zero-order valence-corrected chi connectivity index (χ0v) is 19.8. The van der Waals surface area contributed by atoms with Gasteiger partial charge in [0.25, 0.3) is 5.91 Å². The van der Waals surface area contributed by atoms with Gasteiger partial charge in [-0.15, -0.1) is 0 Å². The van der Waals surface area contributed by atoms with E-state index >= 15 is 0 Å². The summed E-state index contributed by atoms with van der Waals surface area (Å²) in [6.07, 6.45) is 6.89. The highest BCUT2D eigenvalue weighted by Crippen LogP contribution is 2.27. The zero-order chi connectivity index (χ0) is 23.3. The van der Waals surface area contributed by atoms with Crippen LogP contribution in [0.1, 0.15) is 48.0 Å². The third-order valence-electron chi connectivity index (χ3n) is 6.72. The van der Waals surface area contributed by atoms with E-state index in [2.05, 4.69) is 37.2 Å². The molecule has 1 aromatic heterocycles. The molecule has 33 heavy (non-hydrogen) atoms. The second kappa shape index (κ2) is 10.5. The number of anilines is 2. The highest BCUT2D eigenvalue weighted by molar-refractivity contribution is 5.94. The van der Waals surface area contributed by atoms with Crippen LogP contribution in [0.3, 0.4) is 0 Å². The van der Waals surface area contributed by atoms with Crippen LogP contribution in [0.25, 0.3) is 0 Å². The Kier molecular flexibility index (Phi) is 7.45. The van der Waals surface area contributed by atoms with E-state index in [-0.39, 0.29) is 12.5 Å². The summed E-state index contributed by atoms with van der Waals surface area (Å²) < 4.78 is 0. The van der Waals surface area contributed by atoms with Gasteiger partial charge in [0.05, 0.1) is 12.1 Å². The molecule has 0 unspecified atom stereocenters. The molecule has 1 aromatic carbocycles. The summed E-state index contributed by atoms with van der Waals surface area (Å²) in [5.74, 6) is 1.46. The molecule has 1 amide bonds. The van der Waals surface area contributed by atoms with Crippen molar-refractivity contribution >= 4 is 17.5 Å². The molecular formula is C25H36N6O2. The van der Waals surface area contributed by atoms with Crippen LogP contribution in [-0.4, -0.2) is 83.2 Å². The van der Waals surface area contributed by atoms with Crippen molar-refractivity contribution in [3.63, 3.8) is 0 Å². The summed E-state index contributed by atoms with van der Waals surface area (Å²) in [6, 6.07) is 9.82. The minimum absolute atomic E-state index is 0.0652. The summed E-state index contributed by atoms with van der Waals surface area (Å²) in [4.78, 5) is 27.8. The molecule has 2 aliphatic rings. The lowest BCUT2D eigenvalue weighted by Gasteiger charge is -2.41. The average Bonchev–Trinajstić information content (AvgIpc) is 2.84. The summed E-state index contributed by atoms with van der Waals surface area (Å²) in [5, 5.41) is 14.3. The third-order valence-corrected chi connectivity index (χ3v) is 6.72. The Balaban J connectivity index is 1.36. The van der Waals surface area contributed by atoms with E-state index in [0.29, 0.717) is 18.5 Å². The molecule has 0 radical (unpaired) electrons. The molecule has 0 aliphatic carbocycles. The standard InChI is InChI=1S/C25H36N6O2/c1-26-22-15-23(28-19-27-22)31-14-6-11-25(33,18-31)17-29(2)24(32)21-9-7-20(8-10-21)16-30-12-4-3-5-13-30/h7-10,15,19,33H,3-6,11-14,16-18H2,1-2H3,(H,26,27,28)/t25-/m1/s1.